The molecule has 1 aromatic heterocycles. The Kier molecular flexibility index (Phi) is 12.7. The maximum atomic E-state index is 4.04. The van der Waals surface area contributed by atoms with Crippen molar-refractivity contribution in [1.82, 2.24) is 4.98 Å². The van der Waals surface area contributed by atoms with E-state index in [1.807, 2.05) is 6.07 Å². The van der Waals surface area contributed by atoms with Crippen molar-refractivity contribution in [3.05, 3.63) is 35.4 Å². The van der Waals surface area contributed by atoms with E-state index in [-0.39, 0.29) is 69.9 Å². The van der Waals surface area contributed by atoms with E-state index in [1.54, 1.807) is 19.3 Å². The van der Waals surface area contributed by atoms with Gasteiger partial charge in [-0.25, -0.2) is 0 Å². The molecule has 11 heavy (non-hydrogen) atoms. The Bertz CT molecular complexity index is 169. The molecule has 53 valence electrons. The zero-order valence-corrected chi connectivity index (χ0v) is 11.3. The van der Waals surface area contributed by atoms with Crippen molar-refractivity contribution < 1.29 is 69.9 Å². The molecule has 0 aliphatic heterocycles. The normalized spacial score (nSPS) is 7.73. The van der Waals surface area contributed by atoms with Crippen LogP contribution in [-0.2, 0) is 25.1 Å². The monoisotopic (exact) mass is 210 g/mol. The van der Waals surface area contributed by atoms with Gasteiger partial charge in [0.1, 0.15) is 0 Å². The molecule has 0 aliphatic rings. The SMILES string of the molecule is C[N-]Cc1c[c-]ccn1.[K+].[V]. The van der Waals surface area contributed by atoms with E-state index >= 15 is 0 Å². The Labute approximate surface area is 122 Å². The van der Waals surface area contributed by atoms with Crippen molar-refractivity contribution in [2.45, 2.75) is 6.54 Å². The summed E-state index contributed by atoms with van der Waals surface area (Å²) < 4.78 is 0. The Hall–Kier alpha value is 1.33. The quantitative estimate of drug-likeness (QED) is 0.426. The van der Waals surface area contributed by atoms with Crippen LogP contribution >= 0.6 is 0 Å². The summed E-state index contributed by atoms with van der Waals surface area (Å²) in [5.74, 6) is 0. The fraction of sp³-hybridized carbons (Fsp3) is 0.286. The zero-order valence-electron chi connectivity index (χ0n) is 6.78. The topological polar surface area (TPSA) is 27.0 Å². The first-order chi connectivity index (χ1) is 4.43. The second-order valence-electron chi connectivity index (χ2n) is 1.72. The summed E-state index contributed by atoms with van der Waals surface area (Å²) in [6.07, 6.45) is 1.72. The van der Waals surface area contributed by atoms with Crippen LogP contribution in [0.3, 0.4) is 0 Å². The summed E-state index contributed by atoms with van der Waals surface area (Å²) in [6, 6.07) is 6.54. The summed E-state index contributed by atoms with van der Waals surface area (Å²) >= 11 is 0. The summed E-state index contributed by atoms with van der Waals surface area (Å²) in [6.45, 7) is 0.692. The molecule has 0 aliphatic carbocycles. The van der Waals surface area contributed by atoms with Crippen LogP contribution in [0.2, 0.25) is 0 Å². The van der Waals surface area contributed by atoms with Crippen LogP contribution in [0.1, 0.15) is 5.69 Å². The van der Waals surface area contributed by atoms with Crippen molar-refractivity contribution in [2.75, 3.05) is 7.05 Å². The molecule has 0 amide bonds. The first-order valence-electron chi connectivity index (χ1n) is 2.80. The predicted molar refractivity (Wildman–Crippen MR) is 36.1 cm³/mol. The standard InChI is InChI=1S/C7H8N2.K.V/c1-8-6-7-4-2-3-5-9-7;;/h3-5H,6H2,1H3;;/q-2;+1;. The van der Waals surface area contributed by atoms with Gasteiger partial charge in [0.25, 0.3) is 0 Å². The molecule has 1 radical (unpaired) electrons. The van der Waals surface area contributed by atoms with E-state index in [0.29, 0.717) is 6.54 Å². The molecule has 0 spiro atoms. The first-order valence-corrected chi connectivity index (χ1v) is 2.80. The van der Waals surface area contributed by atoms with Gasteiger partial charge >= 0.3 is 51.4 Å². The fourth-order valence-electron chi connectivity index (χ4n) is 0.606. The Morgan fingerprint density at radius 3 is 2.82 bits per heavy atom. The van der Waals surface area contributed by atoms with Crippen LogP contribution in [0.15, 0.2) is 18.3 Å². The van der Waals surface area contributed by atoms with Crippen molar-refractivity contribution >= 4 is 0 Å². The van der Waals surface area contributed by atoms with Gasteiger partial charge in [-0.3, -0.25) is 0 Å². The van der Waals surface area contributed by atoms with Crippen molar-refractivity contribution in [3.8, 4) is 0 Å². The first kappa shape index (κ1) is 14.8. The minimum Gasteiger partial charge on any atom is -0.670 e. The second kappa shape index (κ2) is 9.42. The van der Waals surface area contributed by atoms with Crippen LogP contribution in [0.4, 0.5) is 0 Å². The van der Waals surface area contributed by atoms with E-state index < -0.39 is 0 Å². The summed E-state index contributed by atoms with van der Waals surface area (Å²) in [5.41, 5.74) is 0.972. The minimum atomic E-state index is 0. The molecule has 0 bridgehead atoms. The maximum absolute atomic E-state index is 4.04. The molecular formula is C7H8KN2V-. The van der Waals surface area contributed by atoms with Crippen LogP contribution in [-0.4, -0.2) is 12.0 Å². The van der Waals surface area contributed by atoms with E-state index in [4.69, 9.17) is 0 Å². The molecule has 0 aromatic carbocycles. The van der Waals surface area contributed by atoms with Crippen molar-refractivity contribution in [2.24, 2.45) is 0 Å². The van der Waals surface area contributed by atoms with Crippen LogP contribution in [0.5, 0.6) is 0 Å². The van der Waals surface area contributed by atoms with Gasteiger partial charge in [0.2, 0.25) is 0 Å². The minimum absolute atomic E-state index is 0. The third-order valence-electron chi connectivity index (χ3n) is 0.981. The Morgan fingerprint density at radius 2 is 2.36 bits per heavy atom. The number of pyridine rings is 1. The van der Waals surface area contributed by atoms with Crippen LogP contribution in [0.25, 0.3) is 5.32 Å². The van der Waals surface area contributed by atoms with Gasteiger partial charge in [0.15, 0.2) is 0 Å². The van der Waals surface area contributed by atoms with Gasteiger partial charge in [-0.2, -0.15) is 31.8 Å². The fourth-order valence-corrected chi connectivity index (χ4v) is 0.606. The number of hydrogen-bond donors (Lipinski definition) is 0. The third kappa shape index (κ3) is 6.49. The third-order valence-corrected chi connectivity index (χ3v) is 0.981. The predicted octanol–water partition coefficient (Wildman–Crippen LogP) is -1.61. The van der Waals surface area contributed by atoms with Crippen LogP contribution in [0, 0.1) is 6.07 Å². The molecule has 0 fully saturated rings. The van der Waals surface area contributed by atoms with Crippen LogP contribution < -0.4 is 51.4 Å². The molecule has 0 N–H and O–H groups in total. The molecule has 0 unspecified atom stereocenters. The van der Waals surface area contributed by atoms with Gasteiger partial charge in [-0.1, -0.05) is 11.9 Å². The molecule has 4 heteroatoms. The Morgan fingerprint density at radius 1 is 1.64 bits per heavy atom. The molecule has 0 saturated carbocycles. The molecule has 1 rings (SSSR count). The van der Waals surface area contributed by atoms with Gasteiger partial charge < -0.3 is 10.3 Å². The largest absolute Gasteiger partial charge is 1.00 e. The van der Waals surface area contributed by atoms with Gasteiger partial charge in [-0.05, 0) is 0 Å². The molecule has 0 atom stereocenters. The van der Waals surface area contributed by atoms with E-state index in [9.17, 15) is 0 Å². The Balaban J connectivity index is 0. The number of rotatable bonds is 2. The average Bonchev–Trinajstić information content (AvgIpc) is 1.91. The molecular weight excluding hydrogens is 202 g/mol. The van der Waals surface area contributed by atoms with E-state index in [2.05, 4.69) is 16.4 Å². The van der Waals surface area contributed by atoms with Gasteiger partial charge in [0.05, 0.1) is 0 Å². The van der Waals surface area contributed by atoms with Gasteiger partial charge in [-0.15, -0.1) is 0 Å². The maximum Gasteiger partial charge on any atom is 1.00 e. The molecule has 1 heterocycles. The molecule has 1 aromatic rings. The summed E-state index contributed by atoms with van der Waals surface area (Å²) in [7, 11) is 1.77. The smallest absolute Gasteiger partial charge is 0.670 e. The number of aromatic nitrogens is 1. The number of hydrogen-bond acceptors (Lipinski definition) is 1. The average molecular weight is 210 g/mol. The zero-order chi connectivity index (χ0) is 6.53. The van der Waals surface area contributed by atoms with Crippen molar-refractivity contribution in [1.29, 1.82) is 0 Å². The summed E-state index contributed by atoms with van der Waals surface area (Å²) in [4.78, 5) is 4.04. The van der Waals surface area contributed by atoms with E-state index in [0.717, 1.165) is 5.69 Å². The number of nitrogens with zero attached hydrogens (tertiary/aromatic N) is 2. The molecule has 2 nitrogen and oxygen atoms in total. The molecule has 0 saturated heterocycles. The second-order valence-corrected chi connectivity index (χ2v) is 1.72. The summed E-state index contributed by atoms with van der Waals surface area (Å²) in [5, 5.41) is 3.92. The van der Waals surface area contributed by atoms with Gasteiger partial charge in [0, 0.05) is 18.6 Å². The van der Waals surface area contributed by atoms with Crippen molar-refractivity contribution in [3.63, 3.8) is 0 Å². The van der Waals surface area contributed by atoms with E-state index in [1.165, 1.54) is 0 Å².